The van der Waals surface area contributed by atoms with Gasteiger partial charge < -0.3 is 4.74 Å². The Morgan fingerprint density at radius 1 is 1.10 bits per heavy atom. The van der Waals surface area contributed by atoms with Crippen molar-refractivity contribution in [1.82, 2.24) is 0 Å². The minimum absolute atomic E-state index is 0.264. The van der Waals surface area contributed by atoms with Crippen LogP contribution >= 0.6 is 0 Å². The van der Waals surface area contributed by atoms with Gasteiger partial charge in [-0.2, -0.15) is 0 Å². The molecule has 3 nitrogen and oxygen atoms in total. The molecule has 0 fully saturated rings. The van der Waals surface area contributed by atoms with Crippen molar-refractivity contribution in [2.75, 3.05) is 0 Å². The molecule has 0 saturated heterocycles. The molecule has 2 aromatic rings. The Morgan fingerprint density at radius 2 is 1.81 bits per heavy atom. The van der Waals surface area contributed by atoms with Crippen molar-refractivity contribution in [3.8, 4) is 0 Å². The fourth-order valence-corrected chi connectivity index (χ4v) is 2.19. The van der Waals surface area contributed by atoms with Gasteiger partial charge in [0.1, 0.15) is 6.10 Å². The van der Waals surface area contributed by atoms with Crippen LogP contribution in [0.2, 0.25) is 0 Å². The molecule has 2 aromatic carbocycles. The molecule has 1 atom stereocenters. The van der Waals surface area contributed by atoms with Crippen molar-refractivity contribution in [3.05, 3.63) is 48.0 Å². The van der Waals surface area contributed by atoms with Crippen molar-refractivity contribution in [3.63, 3.8) is 0 Å². The number of unbranched alkanes of at least 4 members (excludes halogenated alkanes) is 1. The fraction of sp³-hybridized carbons (Fsp3) is 0.333. The van der Waals surface area contributed by atoms with Crippen LogP contribution in [0.4, 0.5) is 0 Å². The molecule has 0 aromatic heterocycles. The fourth-order valence-electron chi connectivity index (χ4n) is 2.19. The number of benzene rings is 2. The molecule has 0 unspecified atom stereocenters. The quantitative estimate of drug-likeness (QED) is 0.589. The largest absolute Gasteiger partial charge is 0.452 e. The predicted octanol–water partition coefficient (Wildman–Crippen LogP) is 4.20. The van der Waals surface area contributed by atoms with Crippen molar-refractivity contribution in [1.29, 1.82) is 0 Å². The molecule has 0 aliphatic carbocycles. The maximum Gasteiger partial charge on any atom is 0.375 e. The zero-order valence-corrected chi connectivity index (χ0v) is 12.5. The van der Waals surface area contributed by atoms with Gasteiger partial charge in [0.05, 0.1) is 0 Å². The molecule has 21 heavy (non-hydrogen) atoms. The highest BCUT2D eigenvalue weighted by atomic mass is 16.5. The van der Waals surface area contributed by atoms with Gasteiger partial charge in [0, 0.05) is 6.42 Å². The zero-order valence-electron chi connectivity index (χ0n) is 12.5. The van der Waals surface area contributed by atoms with Crippen molar-refractivity contribution in [2.24, 2.45) is 0 Å². The first-order valence-electron chi connectivity index (χ1n) is 7.34. The Balaban J connectivity index is 2.06. The van der Waals surface area contributed by atoms with Gasteiger partial charge in [-0.25, -0.2) is 4.79 Å². The van der Waals surface area contributed by atoms with Gasteiger partial charge in [0.15, 0.2) is 0 Å². The van der Waals surface area contributed by atoms with Crippen LogP contribution in [0.25, 0.3) is 10.8 Å². The molecule has 0 heterocycles. The van der Waals surface area contributed by atoms with Crippen LogP contribution in [0.3, 0.4) is 0 Å². The van der Waals surface area contributed by atoms with Gasteiger partial charge in [-0.1, -0.05) is 49.7 Å². The average molecular weight is 284 g/mol. The van der Waals surface area contributed by atoms with Crippen LogP contribution in [0.5, 0.6) is 0 Å². The van der Waals surface area contributed by atoms with E-state index in [-0.39, 0.29) is 6.42 Å². The number of esters is 1. The highest BCUT2D eigenvalue weighted by Crippen LogP contribution is 2.22. The number of hydrogen-bond acceptors (Lipinski definition) is 3. The standard InChI is InChI=1S/C18H20O3/c1-3-4-9-17(19)18(20)21-13(2)15-11-10-14-7-5-6-8-16(14)12-15/h5-8,10-13H,3-4,9H2,1-2H3/t13-/m0/s1. The zero-order chi connectivity index (χ0) is 15.2. The van der Waals surface area contributed by atoms with Crippen molar-refractivity contribution < 1.29 is 14.3 Å². The van der Waals surface area contributed by atoms with E-state index in [0.717, 1.165) is 29.2 Å². The normalized spacial score (nSPS) is 12.1. The summed E-state index contributed by atoms with van der Waals surface area (Å²) in [7, 11) is 0. The van der Waals surface area contributed by atoms with Gasteiger partial charge in [-0.15, -0.1) is 0 Å². The molecule has 0 aliphatic heterocycles. The molecule has 0 bridgehead atoms. The summed E-state index contributed by atoms with van der Waals surface area (Å²) in [6.07, 6.45) is 1.45. The predicted molar refractivity (Wildman–Crippen MR) is 83.0 cm³/mol. The second-order valence-electron chi connectivity index (χ2n) is 5.18. The SMILES string of the molecule is CCCCC(=O)C(=O)O[C@@H](C)c1ccc2ccccc2c1. The summed E-state index contributed by atoms with van der Waals surface area (Å²) in [6.45, 7) is 3.77. The summed E-state index contributed by atoms with van der Waals surface area (Å²) in [6, 6.07) is 13.9. The minimum Gasteiger partial charge on any atom is -0.452 e. The first-order chi connectivity index (χ1) is 10.1. The van der Waals surface area contributed by atoms with E-state index in [0.29, 0.717) is 0 Å². The highest BCUT2D eigenvalue weighted by molar-refractivity contribution is 6.33. The molecule has 0 amide bonds. The van der Waals surface area contributed by atoms with E-state index >= 15 is 0 Å². The number of ketones is 1. The van der Waals surface area contributed by atoms with Gasteiger partial charge in [-0.3, -0.25) is 4.79 Å². The first-order valence-corrected chi connectivity index (χ1v) is 7.34. The van der Waals surface area contributed by atoms with Crippen LogP contribution in [-0.2, 0) is 14.3 Å². The van der Waals surface area contributed by atoms with E-state index in [1.54, 1.807) is 6.92 Å². The number of carbonyl (C=O) groups is 2. The van der Waals surface area contributed by atoms with Crippen LogP contribution in [0.1, 0.15) is 44.8 Å². The molecule has 110 valence electrons. The van der Waals surface area contributed by atoms with E-state index in [2.05, 4.69) is 0 Å². The third-order valence-electron chi connectivity index (χ3n) is 3.51. The number of Topliss-reactive ketones (excluding diaryl/α,β-unsaturated/α-hetero) is 1. The molecule has 0 saturated carbocycles. The van der Waals surface area contributed by atoms with Crippen molar-refractivity contribution in [2.45, 2.75) is 39.2 Å². The second-order valence-corrected chi connectivity index (χ2v) is 5.18. The smallest absolute Gasteiger partial charge is 0.375 e. The lowest BCUT2D eigenvalue weighted by Crippen LogP contribution is -2.19. The third-order valence-corrected chi connectivity index (χ3v) is 3.51. The topological polar surface area (TPSA) is 43.4 Å². The molecule has 0 radical (unpaired) electrons. The Hall–Kier alpha value is -2.16. The van der Waals surface area contributed by atoms with E-state index in [1.165, 1.54) is 0 Å². The first kappa shape index (κ1) is 15.2. The van der Waals surface area contributed by atoms with Crippen molar-refractivity contribution >= 4 is 22.5 Å². The highest BCUT2D eigenvalue weighted by Gasteiger charge is 2.18. The van der Waals surface area contributed by atoms with Gasteiger partial charge in [-0.05, 0) is 35.7 Å². The van der Waals surface area contributed by atoms with Gasteiger partial charge in [0.2, 0.25) is 5.78 Å². The van der Waals surface area contributed by atoms with E-state index in [1.807, 2.05) is 49.4 Å². The van der Waals surface area contributed by atoms with Gasteiger partial charge in [0.25, 0.3) is 0 Å². The summed E-state index contributed by atoms with van der Waals surface area (Å²) in [5, 5.41) is 2.23. The minimum atomic E-state index is -0.732. The van der Waals surface area contributed by atoms with Crippen LogP contribution in [0.15, 0.2) is 42.5 Å². The molecule has 0 aliphatic rings. The lowest BCUT2D eigenvalue weighted by molar-refractivity contribution is -0.157. The molecular weight excluding hydrogens is 264 g/mol. The molecule has 0 N–H and O–H groups in total. The van der Waals surface area contributed by atoms with Crippen LogP contribution in [-0.4, -0.2) is 11.8 Å². The lowest BCUT2D eigenvalue weighted by atomic mass is 10.0. The summed E-state index contributed by atoms with van der Waals surface area (Å²) in [4.78, 5) is 23.3. The van der Waals surface area contributed by atoms with Gasteiger partial charge >= 0.3 is 5.97 Å². The Labute approximate surface area is 124 Å². The molecular formula is C18H20O3. The van der Waals surface area contributed by atoms with Crippen LogP contribution in [0, 0.1) is 0 Å². The Morgan fingerprint density at radius 3 is 2.52 bits per heavy atom. The Bertz CT molecular complexity index is 646. The lowest BCUT2D eigenvalue weighted by Gasteiger charge is -2.13. The average Bonchev–Trinajstić information content (AvgIpc) is 2.51. The summed E-state index contributed by atoms with van der Waals surface area (Å²) >= 11 is 0. The maximum absolute atomic E-state index is 11.7. The van der Waals surface area contributed by atoms with E-state index in [9.17, 15) is 9.59 Å². The summed E-state index contributed by atoms with van der Waals surface area (Å²) < 4.78 is 5.26. The molecule has 0 spiro atoms. The monoisotopic (exact) mass is 284 g/mol. The summed E-state index contributed by atoms with van der Waals surface area (Å²) in [5.74, 6) is -1.17. The second kappa shape index (κ2) is 7.02. The maximum atomic E-state index is 11.7. The number of fused-ring (bicyclic) bond motifs is 1. The molecule has 2 rings (SSSR count). The number of carbonyl (C=O) groups excluding carboxylic acids is 2. The number of hydrogen-bond donors (Lipinski definition) is 0. The summed E-state index contributed by atoms with van der Waals surface area (Å²) in [5.41, 5.74) is 0.894. The Kier molecular flexibility index (Phi) is 5.09. The van der Waals surface area contributed by atoms with E-state index in [4.69, 9.17) is 4.74 Å². The number of rotatable bonds is 6. The molecule has 3 heteroatoms. The number of ether oxygens (including phenoxy) is 1. The van der Waals surface area contributed by atoms with Crippen LogP contribution < -0.4 is 0 Å². The third kappa shape index (κ3) is 3.91. The van der Waals surface area contributed by atoms with E-state index < -0.39 is 17.9 Å².